The molecule has 27 heavy (non-hydrogen) atoms. The van der Waals surface area contributed by atoms with E-state index in [2.05, 4.69) is 34.6 Å². The molecule has 2 aliphatic rings. The van der Waals surface area contributed by atoms with E-state index < -0.39 is 0 Å². The summed E-state index contributed by atoms with van der Waals surface area (Å²) in [6.45, 7) is 3.50. The summed E-state index contributed by atoms with van der Waals surface area (Å²) in [4.78, 5) is 27.1. The Morgan fingerprint density at radius 2 is 1.93 bits per heavy atom. The summed E-state index contributed by atoms with van der Waals surface area (Å²) in [6.07, 6.45) is 4.08. The zero-order chi connectivity index (χ0) is 18.8. The van der Waals surface area contributed by atoms with E-state index in [0.29, 0.717) is 12.1 Å². The molecule has 2 amide bonds. The number of piperidine rings is 1. The van der Waals surface area contributed by atoms with Gasteiger partial charge in [0.15, 0.2) is 0 Å². The summed E-state index contributed by atoms with van der Waals surface area (Å²) in [7, 11) is 0. The normalized spacial score (nSPS) is 18.3. The minimum Gasteiger partial charge on any atom is -0.358 e. The number of nitrogens with one attached hydrogen (secondary N) is 2. The number of benzene rings is 2. The lowest BCUT2D eigenvalue weighted by atomic mass is 9.97. The van der Waals surface area contributed by atoms with Crippen molar-refractivity contribution in [3.8, 4) is 0 Å². The van der Waals surface area contributed by atoms with Crippen molar-refractivity contribution >= 4 is 23.2 Å². The molecule has 2 aliphatic heterocycles. The minimum absolute atomic E-state index is 0.0378. The van der Waals surface area contributed by atoms with Crippen molar-refractivity contribution in [3.63, 3.8) is 0 Å². The molecule has 0 saturated carbocycles. The third kappa shape index (κ3) is 3.54. The van der Waals surface area contributed by atoms with E-state index in [-0.39, 0.29) is 17.9 Å². The van der Waals surface area contributed by atoms with Crippen LogP contribution in [0.15, 0.2) is 42.5 Å². The third-order valence-electron chi connectivity index (χ3n) is 5.52. The molecule has 0 unspecified atom stereocenters. The second-order valence-corrected chi connectivity index (χ2v) is 7.28. The van der Waals surface area contributed by atoms with Crippen LogP contribution in [0.25, 0.3) is 0 Å². The molecular formula is C22H25N3O2. The van der Waals surface area contributed by atoms with E-state index in [1.165, 1.54) is 5.56 Å². The summed E-state index contributed by atoms with van der Waals surface area (Å²) in [6, 6.07) is 13.8. The first-order valence-electron chi connectivity index (χ1n) is 9.73. The molecule has 5 nitrogen and oxygen atoms in total. The maximum atomic E-state index is 12.6. The highest BCUT2D eigenvalue weighted by Crippen LogP contribution is 2.36. The van der Waals surface area contributed by atoms with Gasteiger partial charge in [-0.2, -0.15) is 0 Å². The Balaban J connectivity index is 1.47. The largest absolute Gasteiger partial charge is 0.358 e. The zero-order valence-corrected chi connectivity index (χ0v) is 15.6. The molecular weight excluding hydrogens is 338 g/mol. The molecule has 1 saturated heterocycles. The quantitative estimate of drug-likeness (QED) is 0.874. The van der Waals surface area contributed by atoms with Gasteiger partial charge in [-0.25, -0.2) is 0 Å². The molecule has 0 aliphatic carbocycles. The Morgan fingerprint density at radius 1 is 1.15 bits per heavy atom. The summed E-state index contributed by atoms with van der Waals surface area (Å²) in [5, 5.41) is 5.94. The van der Waals surface area contributed by atoms with Crippen molar-refractivity contribution in [1.29, 1.82) is 0 Å². The number of nitrogens with zero attached hydrogens (tertiary/aromatic N) is 1. The van der Waals surface area contributed by atoms with Crippen LogP contribution < -0.4 is 15.5 Å². The maximum Gasteiger partial charge on any atom is 0.251 e. The number of carbonyl (C=O) groups is 2. The van der Waals surface area contributed by atoms with Crippen LogP contribution in [0.3, 0.4) is 0 Å². The zero-order valence-electron chi connectivity index (χ0n) is 15.6. The lowest BCUT2D eigenvalue weighted by molar-refractivity contribution is -0.118. The summed E-state index contributed by atoms with van der Waals surface area (Å²) in [5.74, 6) is -0.0943. The van der Waals surface area contributed by atoms with Gasteiger partial charge in [0.05, 0.1) is 11.4 Å². The minimum atomic E-state index is -0.132. The monoisotopic (exact) mass is 363 g/mol. The van der Waals surface area contributed by atoms with Gasteiger partial charge < -0.3 is 15.5 Å². The molecule has 2 aromatic carbocycles. The van der Waals surface area contributed by atoms with E-state index in [4.69, 9.17) is 0 Å². The topological polar surface area (TPSA) is 61.4 Å². The van der Waals surface area contributed by atoms with E-state index in [1.807, 2.05) is 24.3 Å². The molecule has 0 bridgehead atoms. The number of fused-ring (bicyclic) bond motifs is 3. The predicted octanol–water partition coefficient (Wildman–Crippen LogP) is 3.49. The predicted molar refractivity (Wildman–Crippen MR) is 107 cm³/mol. The molecule has 2 aromatic rings. The number of rotatable bonds is 4. The molecule has 5 heteroatoms. The van der Waals surface area contributed by atoms with E-state index in [1.54, 1.807) is 6.07 Å². The number of aryl methyl sites for hydroxylation is 1. The third-order valence-corrected chi connectivity index (χ3v) is 5.52. The first-order valence-corrected chi connectivity index (χ1v) is 9.73. The summed E-state index contributed by atoms with van der Waals surface area (Å²) < 4.78 is 0. The second kappa shape index (κ2) is 7.43. The van der Waals surface area contributed by atoms with Gasteiger partial charge in [-0.1, -0.05) is 31.2 Å². The summed E-state index contributed by atoms with van der Waals surface area (Å²) >= 11 is 0. The fourth-order valence-corrected chi connectivity index (χ4v) is 3.91. The van der Waals surface area contributed by atoms with Gasteiger partial charge in [-0.3, -0.25) is 9.59 Å². The van der Waals surface area contributed by atoms with Crippen LogP contribution in [0.2, 0.25) is 0 Å². The van der Waals surface area contributed by atoms with Crippen molar-refractivity contribution in [2.24, 2.45) is 0 Å². The van der Waals surface area contributed by atoms with Gasteiger partial charge in [0.1, 0.15) is 6.04 Å². The molecule has 2 heterocycles. The van der Waals surface area contributed by atoms with Crippen molar-refractivity contribution in [1.82, 2.24) is 5.32 Å². The number of amides is 2. The lowest BCUT2D eigenvalue weighted by Crippen LogP contribution is -2.50. The molecule has 4 rings (SSSR count). The van der Waals surface area contributed by atoms with Crippen LogP contribution in [0.5, 0.6) is 0 Å². The Kier molecular flexibility index (Phi) is 4.84. The van der Waals surface area contributed by atoms with E-state index >= 15 is 0 Å². The molecule has 2 N–H and O–H groups in total. The number of carbonyl (C=O) groups excluding carboxylic acids is 2. The smallest absolute Gasteiger partial charge is 0.251 e. The lowest BCUT2D eigenvalue weighted by Gasteiger charge is -2.41. The van der Waals surface area contributed by atoms with Crippen molar-refractivity contribution < 1.29 is 9.59 Å². The number of anilines is 2. The van der Waals surface area contributed by atoms with Gasteiger partial charge in [0, 0.05) is 18.7 Å². The molecule has 1 fully saturated rings. The number of hydrogen-bond acceptors (Lipinski definition) is 3. The average molecular weight is 363 g/mol. The Bertz CT molecular complexity index is 860. The molecule has 0 spiro atoms. The van der Waals surface area contributed by atoms with E-state index in [9.17, 15) is 9.59 Å². The van der Waals surface area contributed by atoms with Crippen molar-refractivity contribution in [2.45, 2.75) is 45.2 Å². The van der Waals surface area contributed by atoms with Gasteiger partial charge in [-0.05, 0) is 55.0 Å². The van der Waals surface area contributed by atoms with Crippen molar-refractivity contribution in [2.75, 3.05) is 16.8 Å². The average Bonchev–Trinajstić information content (AvgIpc) is 2.72. The van der Waals surface area contributed by atoms with Crippen LogP contribution in [0.1, 0.15) is 47.7 Å². The summed E-state index contributed by atoms with van der Waals surface area (Å²) in [5.41, 5.74) is 4.67. The fraction of sp³-hybridized carbons (Fsp3) is 0.364. The van der Waals surface area contributed by atoms with Crippen LogP contribution >= 0.6 is 0 Å². The Hall–Kier alpha value is -2.82. The van der Waals surface area contributed by atoms with Gasteiger partial charge in [0.25, 0.3) is 5.91 Å². The van der Waals surface area contributed by atoms with Crippen LogP contribution in [0.4, 0.5) is 11.4 Å². The van der Waals surface area contributed by atoms with E-state index in [0.717, 1.165) is 49.2 Å². The highest BCUT2D eigenvalue weighted by molar-refractivity contribution is 6.05. The molecule has 0 aromatic heterocycles. The Labute approximate surface area is 159 Å². The Morgan fingerprint density at radius 3 is 2.70 bits per heavy atom. The van der Waals surface area contributed by atoms with Gasteiger partial charge >= 0.3 is 0 Å². The highest BCUT2D eigenvalue weighted by atomic mass is 16.2. The highest BCUT2D eigenvalue weighted by Gasteiger charge is 2.34. The molecule has 140 valence electrons. The van der Waals surface area contributed by atoms with Crippen LogP contribution in [-0.4, -0.2) is 24.4 Å². The standard InChI is InChI=1S/C22H25N3O2/c1-2-15-6-8-16(9-7-15)14-23-21(26)17-10-11-19-18(13-17)24-22(27)20-5-3-4-12-25(19)20/h6-11,13,20H,2-5,12,14H2,1H3,(H,23,26)(H,24,27)/t20-/m1/s1. The first kappa shape index (κ1) is 17.6. The van der Waals surface area contributed by atoms with Crippen LogP contribution in [0, 0.1) is 0 Å². The molecule has 0 radical (unpaired) electrons. The van der Waals surface area contributed by atoms with Gasteiger partial charge in [0.2, 0.25) is 5.91 Å². The SMILES string of the molecule is CCc1ccc(CNC(=O)c2ccc3c(c2)NC(=O)[C@H]2CCCCN32)cc1. The molecule has 1 atom stereocenters. The fourth-order valence-electron chi connectivity index (χ4n) is 3.91. The van der Waals surface area contributed by atoms with Crippen molar-refractivity contribution in [3.05, 3.63) is 59.2 Å². The number of hydrogen-bond donors (Lipinski definition) is 2. The van der Waals surface area contributed by atoms with Gasteiger partial charge in [-0.15, -0.1) is 0 Å². The maximum absolute atomic E-state index is 12.6. The second-order valence-electron chi connectivity index (χ2n) is 7.28. The first-order chi connectivity index (χ1) is 13.2. The van der Waals surface area contributed by atoms with Crippen LogP contribution in [-0.2, 0) is 17.8 Å².